The van der Waals surface area contributed by atoms with Gasteiger partial charge in [0.15, 0.2) is 6.29 Å². The van der Waals surface area contributed by atoms with Crippen molar-refractivity contribution in [2.75, 3.05) is 19.8 Å². The van der Waals surface area contributed by atoms with Gasteiger partial charge in [0.05, 0.1) is 19.3 Å². The summed E-state index contributed by atoms with van der Waals surface area (Å²) in [6.45, 7) is 2.11. The number of benzene rings is 1. The highest BCUT2D eigenvalue weighted by atomic mass is 79.9. The Hall–Kier alpha value is -1.11. The highest BCUT2D eigenvalue weighted by molar-refractivity contribution is 9.10. The van der Waals surface area contributed by atoms with Gasteiger partial charge in [-0.05, 0) is 48.9 Å². The van der Waals surface area contributed by atoms with Crippen LogP contribution in [0.2, 0.25) is 0 Å². The van der Waals surface area contributed by atoms with E-state index in [-0.39, 0.29) is 12.4 Å². The maximum absolute atomic E-state index is 8.41. The van der Waals surface area contributed by atoms with E-state index in [2.05, 4.69) is 26.0 Å². The van der Waals surface area contributed by atoms with E-state index in [0.717, 1.165) is 35.9 Å². The van der Waals surface area contributed by atoms with Gasteiger partial charge in [0.25, 0.3) is 0 Å². The van der Waals surface area contributed by atoms with Gasteiger partial charge in [0, 0.05) is 22.5 Å². The Bertz CT molecular complexity index is 500. The van der Waals surface area contributed by atoms with Gasteiger partial charge in [-0.25, -0.2) is 0 Å². The third kappa shape index (κ3) is 7.33. The summed E-state index contributed by atoms with van der Waals surface area (Å²) in [5, 5.41) is 3.58. The van der Waals surface area contributed by atoms with Crippen molar-refractivity contribution in [3.63, 3.8) is 0 Å². The lowest BCUT2D eigenvalue weighted by Crippen LogP contribution is -2.28. The number of hydrogen-bond acceptors (Lipinski definition) is 4. The standard InChI is InChI=1S/C16H22BrN3O3/c17-14-6-4-13(5-7-14)11-22-15(8-9-19-20-18)12-23-16-3-1-2-10-21-16/h4-7,15-16H,1-3,8-12H2/t15-,16?/m1/s1. The van der Waals surface area contributed by atoms with E-state index in [9.17, 15) is 0 Å². The molecule has 0 aliphatic carbocycles. The Morgan fingerprint density at radius 2 is 2.17 bits per heavy atom. The Morgan fingerprint density at radius 1 is 1.35 bits per heavy atom. The van der Waals surface area contributed by atoms with Gasteiger partial charge in [-0.15, -0.1) is 0 Å². The molecule has 0 radical (unpaired) electrons. The van der Waals surface area contributed by atoms with Crippen molar-refractivity contribution < 1.29 is 14.2 Å². The highest BCUT2D eigenvalue weighted by Crippen LogP contribution is 2.16. The average Bonchev–Trinajstić information content (AvgIpc) is 2.59. The summed E-state index contributed by atoms with van der Waals surface area (Å²) < 4.78 is 18.3. The third-order valence-corrected chi connectivity index (χ3v) is 4.15. The fourth-order valence-corrected chi connectivity index (χ4v) is 2.58. The number of nitrogens with zero attached hydrogens (tertiary/aromatic N) is 3. The fraction of sp³-hybridized carbons (Fsp3) is 0.625. The lowest BCUT2D eigenvalue weighted by molar-refractivity contribution is -0.181. The molecular weight excluding hydrogens is 362 g/mol. The predicted molar refractivity (Wildman–Crippen MR) is 90.9 cm³/mol. The van der Waals surface area contributed by atoms with Crippen molar-refractivity contribution in [2.24, 2.45) is 5.11 Å². The van der Waals surface area contributed by atoms with Crippen molar-refractivity contribution in [3.05, 3.63) is 44.7 Å². The van der Waals surface area contributed by atoms with Crippen molar-refractivity contribution >= 4 is 15.9 Å². The van der Waals surface area contributed by atoms with Crippen LogP contribution in [0.25, 0.3) is 10.4 Å². The molecule has 0 spiro atoms. The maximum atomic E-state index is 8.41. The van der Waals surface area contributed by atoms with Gasteiger partial charge < -0.3 is 14.2 Å². The second-order valence-electron chi connectivity index (χ2n) is 5.43. The van der Waals surface area contributed by atoms with E-state index in [1.165, 1.54) is 0 Å². The molecule has 23 heavy (non-hydrogen) atoms. The van der Waals surface area contributed by atoms with Crippen LogP contribution in [-0.4, -0.2) is 32.2 Å². The van der Waals surface area contributed by atoms with E-state index >= 15 is 0 Å². The fourth-order valence-electron chi connectivity index (χ4n) is 2.31. The van der Waals surface area contributed by atoms with Crippen molar-refractivity contribution in [3.8, 4) is 0 Å². The van der Waals surface area contributed by atoms with Crippen LogP contribution >= 0.6 is 15.9 Å². The Labute approximate surface area is 144 Å². The summed E-state index contributed by atoms with van der Waals surface area (Å²) in [5.74, 6) is 0. The molecule has 1 unspecified atom stereocenters. The Morgan fingerprint density at radius 3 is 2.87 bits per heavy atom. The summed E-state index contributed by atoms with van der Waals surface area (Å²) in [5.41, 5.74) is 9.50. The molecule has 2 atom stereocenters. The van der Waals surface area contributed by atoms with Crippen LogP contribution in [0.15, 0.2) is 33.9 Å². The van der Waals surface area contributed by atoms with Crippen molar-refractivity contribution in [1.29, 1.82) is 0 Å². The lowest BCUT2D eigenvalue weighted by Gasteiger charge is -2.25. The number of ether oxygens (including phenoxy) is 3. The quantitative estimate of drug-likeness (QED) is 0.355. The zero-order valence-electron chi connectivity index (χ0n) is 13.1. The number of hydrogen-bond donors (Lipinski definition) is 0. The molecule has 126 valence electrons. The SMILES string of the molecule is [N-]=[N+]=NCC[C@H](COC1CCCCO1)OCc1ccc(Br)cc1. The van der Waals surface area contributed by atoms with E-state index in [0.29, 0.717) is 26.2 Å². The number of rotatable bonds is 9. The van der Waals surface area contributed by atoms with Gasteiger partial charge in [-0.2, -0.15) is 0 Å². The summed E-state index contributed by atoms with van der Waals surface area (Å²) in [6.07, 6.45) is 3.54. The van der Waals surface area contributed by atoms with Crippen molar-refractivity contribution in [1.82, 2.24) is 0 Å². The molecule has 6 nitrogen and oxygen atoms in total. The molecule has 2 rings (SSSR count). The summed E-state index contributed by atoms with van der Waals surface area (Å²) in [7, 11) is 0. The molecule has 1 heterocycles. The third-order valence-electron chi connectivity index (χ3n) is 3.62. The smallest absolute Gasteiger partial charge is 0.157 e. The Kier molecular flexibility index (Phi) is 8.42. The molecule has 1 aliphatic rings. The zero-order valence-corrected chi connectivity index (χ0v) is 14.7. The van der Waals surface area contributed by atoms with E-state index < -0.39 is 0 Å². The Balaban J connectivity index is 1.79. The van der Waals surface area contributed by atoms with Crippen LogP contribution in [0, 0.1) is 0 Å². The minimum atomic E-state index is -0.137. The normalized spacial score (nSPS) is 19.1. The van der Waals surface area contributed by atoms with Crippen LogP contribution in [-0.2, 0) is 20.8 Å². The molecule has 1 aliphatic heterocycles. The van der Waals surface area contributed by atoms with Crippen LogP contribution < -0.4 is 0 Å². The first kappa shape index (κ1) is 18.2. The zero-order chi connectivity index (χ0) is 16.3. The van der Waals surface area contributed by atoms with Gasteiger partial charge in [0.1, 0.15) is 0 Å². The topological polar surface area (TPSA) is 76.5 Å². The summed E-state index contributed by atoms with van der Waals surface area (Å²) in [6, 6.07) is 8.00. The van der Waals surface area contributed by atoms with Crippen LogP contribution in [0.1, 0.15) is 31.2 Å². The van der Waals surface area contributed by atoms with Crippen LogP contribution in [0.3, 0.4) is 0 Å². The molecule has 1 saturated heterocycles. The molecule has 0 bridgehead atoms. The highest BCUT2D eigenvalue weighted by Gasteiger charge is 2.17. The molecule has 7 heteroatoms. The van der Waals surface area contributed by atoms with Gasteiger partial charge in [-0.1, -0.05) is 33.2 Å². The van der Waals surface area contributed by atoms with Crippen molar-refractivity contribution in [2.45, 2.75) is 44.7 Å². The van der Waals surface area contributed by atoms with E-state index in [1.807, 2.05) is 24.3 Å². The molecule has 1 fully saturated rings. The largest absolute Gasteiger partial charge is 0.371 e. The molecule has 0 aromatic heterocycles. The minimum absolute atomic E-state index is 0.116. The first-order valence-electron chi connectivity index (χ1n) is 7.88. The van der Waals surface area contributed by atoms with Gasteiger partial charge >= 0.3 is 0 Å². The van der Waals surface area contributed by atoms with Crippen LogP contribution in [0.5, 0.6) is 0 Å². The number of azide groups is 1. The molecule has 0 N–H and O–H groups in total. The molecular formula is C16H22BrN3O3. The van der Waals surface area contributed by atoms with E-state index in [1.54, 1.807) is 0 Å². The molecule has 0 saturated carbocycles. The monoisotopic (exact) mass is 383 g/mol. The van der Waals surface area contributed by atoms with Gasteiger partial charge in [-0.3, -0.25) is 0 Å². The van der Waals surface area contributed by atoms with Gasteiger partial charge in [0.2, 0.25) is 0 Å². The first-order chi connectivity index (χ1) is 11.3. The maximum Gasteiger partial charge on any atom is 0.157 e. The molecule has 1 aromatic rings. The molecule has 0 amide bonds. The lowest BCUT2D eigenvalue weighted by atomic mass is 10.2. The molecule has 1 aromatic carbocycles. The first-order valence-corrected chi connectivity index (χ1v) is 8.67. The second-order valence-corrected chi connectivity index (χ2v) is 6.35. The second kappa shape index (κ2) is 10.6. The average molecular weight is 384 g/mol. The van der Waals surface area contributed by atoms with Crippen LogP contribution in [0.4, 0.5) is 0 Å². The number of halogens is 1. The minimum Gasteiger partial charge on any atom is -0.371 e. The van der Waals surface area contributed by atoms with E-state index in [4.69, 9.17) is 19.7 Å². The summed E-state index contributed by atoms with van der Waals surface area (Å²) >= 11 is 3.42. The summed E-state index contributed by atoms with van der Waals surface area (Å²) in [4.78, 5) is 2.78. The predicted octanol–water partition coefficient (Wildman–Crippen LogP) is 4.58.